The van der Waals surface area contributed by atoms with Gasteiger partial charge in [-0.1, -0.05) is 0 Å². The number of nitrogens with zero attached hydrogens (tertiary/aromatic N) is 1. The van der Waals surface area contributed by atoms with E-state index in [-0.39, 0.29) is 5.78 Å². The number of nitrogens with one attached hydrogen (secondary N) is 1. The fourth-order valence-electron chi connectivity index (χ4n) is 2.52. The lowest BCUT2D eigenvalue weighted by molar-refractivity contribution is 0.101. The molecule has 1 aromatic carbocycles. The van der Waals surface area contributed by atoms with Crippen LogP contribution >= 0.6 is 0 Å². The second kappa shape index (κ2) is 6.17. The molecule has 1 aliphatic heterocycles. The third-order valence-electron chi connectivity index (χ3n) is 3.53. The van der Waals surface area contributed by atoms with Gasteiger partial charge in [-0.15, -0.1) is 0 Å². The summed E-state index contributed by atoms with van der Waals surface area (Å²) >= 11 is 0. The summed E-state index contributed by atoms with van der Waals surface area (Å²) in [6, 6.07) is 6.17. The van der Waals surface area contributed by atoms with Crippen molar-refractivity contribution in [2.45, 2.75) is 26.4 Å². The van der Waals surface area contributed by atoms with Gasteiger partial charge < -0.3 is 10.1 Å². The van der Waals surface area contributed by atoms with Crippen LogP contribution < -0.4 is 10.1 Å². The fraction of sp³-hybridized carbons (Fsp3) is 0.533. The summed E-state index contributed by atoms with van der Waals surface area (Å²) in [5.74, 6) is 0.953. The van der Waals surface area contributed by atoms with Crippen LogP contribution in [0, 0.1) is 0 Å². The highest BCUT2D eigenvalue weighted by Gasteiger charge is 2.17. The van der Waals surface area contributed by atoms with Gasteiger partial charge in [-0.2, -0.15) is 0 Å². The Morgan fingerprint density at radius 2 is 2.32 bits per heavy atom. The molecule has 0 amide bonds. The molecule has 1 fully saturated rings. The van der Waals surface area contributed by atoms with Gasteiger partial charge in [0.25, 0.3) is 0 Å². The van der Waals surface area contributed by atoms with Gasteiger partial charge in [0.2, 0.25) is 0 Å². The van der Waals surface area contributed by atoms with Crippen LogP contribution in [0.4, 0.5) is 0 Å². The quantitative estimate of drug-likeness (QED) is 0.839. The van der Waals surface area contributed by atoms with Gasteiger partial charge in [0.05, 0.1) is 7.11 Å². The Kier molecular flexibility index (Phi) is 4.56. The van der Waals surface area contributed by atoms with Crippen molar-refractivity contribution in [1.82, 2.24) is 10.2 Å². The van der Waals surface area contributed by atoms with Gasteiger partial charge in [-0.3, -0.25) is 9.69 Å². The summed E-state index contributed by atoms with van der Waals surface area (Å²) in [5.41, 5.74) is 1.84. The van der Waals surface area contributed by atoms with Crippen molar-refractivity contribution in [1.29, 1.82) is 0 Å². The van der Waals surface area contributed by atoms with Gasteiger partial charge in [0.1, 0.15) is 5.75 Å². The largest absolute Gasteiger partial charge is 0.496 e. The van der Waals surface area contributed by atoms with E-state index in [9.17, 15) is 4.79 Å². The number of benzene rings is 1. The molecule has 1 atom stereocenters. The SMILES string of the molecule is COc1ccc(C(C)=O)cc1CN1CCN[C@@H](C)C1. The lowest BCUT2D eigenvalue weighted by Crippen LogP contribution is -2.48. The maximum Gasteiger partial charge on any atom is 0.159 e. The van der Waals surface area contributed by atoms with Gasteiger partial charge in [0, 0.05) is 43.3 Å². The van der Waals surface area contributed by atoms with Crippen LogP contribution in [0.25, 0.3) is 0 Å². The molecule has 1 aromatic rings. The molecule has 0 aromatic heterocycles. The van der Waals surface area contributed by atoms with Gasteiger partial charge in [-0.25, -0.2) is 0 Å². The van der Waals surface area contributed by atoms with E-state index in [1.54, 1.807) is 14.0 Å². The van der Waals surface area contributed by atoms with E-state index in [1.807, 2.05) is 18.2 Å². The number of ether oxygens (including phenoxy) is 1. The topological polar surface area (TPSA) is 41.6 Å². The Hall–Kier alpha value is -1.39. The molecule has 0 radical (unpaired) electrons. The van der Waals surface area contributed by atoms with E-state index in [2.05, 4.69) is 17.1 Å². The zero-order valence-electron chi connectivity index (χ0n) is 11.9. The van der Waals surface area contributed by atoms with E-state index >= 15 is 0 Å². The predicted molar refractivity (Wildman–Crippen MR) is 75.7 cm³/mol. The summed E-state index contributed by atoms with van der Waals surface area (Å²) in [5, 5.41) is 3.43. The summed E-state index contributed by atoms with van der Waals surface area (Å²) in [6.45, 7) is 7.67. The first kappa shape index (κ1) is 14.0. The zero-order chi connectivity index (χ0) is 13.8. The fourth-order valence-corrected chi connectivity index (χ4v) is 2.52. The molecule has 0 saturated carbocycles. The van der Waals surface area contributed by atoms with Crippen molar-refractivity contribution in [2.24, 2.45) is 0 Å². The first-order valence-electron chi connectivity index (χ1n) is 6.73. The molecule has 0 spiro atoms. The maximum absolute atomic E-state index is 11.5. The maximum atomic E-state index is 11.5. The number of ketones is 1. The molecule has 4 heteroatoms. The number of piperazine rings is 1. The van der Waals surface area contributed by atoms with E-state index < -0.39 is 0 Å². The van der Waals surface area contributed by atoms with Crippen LogP contribution in [0.2, 0.25) is 0 Å². The van der Waals surface area contributed by atoms with Crippen molar-refractivity contribution in [3.63, 3.8) is 0 Å². The Labute approximate surface area is 114 Å². The zero-order valence-corrected chi connectivity index (χ0v) is 11.9. The lowest BCUT2D eigenvalue weighted by Gasteiger charge is -2.32. The van der Waals surface area contributed by atoms with Gasteiger partial charge >= 0.3 is 0 Å². The van der Waals surface area contributed by atoms with Gasteiger partial charge in [0.15, 0.2) is 5.78 Å². The summed E-state index contributed by atoms with van der Waals surface area (Å²) in [6.07, 6.45) is 0. The Balaban J connectivity index is 2.17. The average molecular weight is 262 g/mol. The molecule has 1 aliphatic rings. The highest BCUT2D eigenvalue weighted by molar-refractivity contribution is 5.94. The number of hydrogen-bond donors (Lipinski definition) is 1. The summed E-state index contributed by atoms with van der Waals surface area (Å²) in [7, 11) is 1.67. The molecule has 0 bridgehead atoms. The number of Topliss-reactive ketones (excluding diaryl/α,β-unsaturated/α-hetero) is 1. The van der Waals surface area contributed by atoms with Crippen LogP contribution in [0.3, 0.4) is 0 Å². The molecular weight excluding hydrogens is 240 g/mol. The first-order chi connectivity index (χ1) is 9.10. The second-order valence-corrected chi connectivity index (χ2v) is 5.17. The number of carbonyl (C=O) groups is 1. The molecule has 1 heterocycles. The third kappa shape index (κ3) is 3.55. The predicted octanol–water partition coefficient (Wildman–Crippen LogP) is 1.69. The van der Waals surface area contributed by atoms with Crippen molar-refractivity contribution < 1.29 is 9.53 Å². The van der Waals surface area contributed by atoms with Gasteiger partial charge in [-0.05, 0) is 32.0 Å². The molecule has 4 nitrogen and oxygen atoms in total. The van der Waals surface area contributed by atoms with Crippen LogP contribution in [0.5, 0.6) is 5.75 Å². The molecule has 1 saturated heterocycles. The summed E-state index contributed by atoms with van der Waals surface area (Å²) in [4.78, 5) is 13.9. The Bertz CT molecular complexity index is 459. The van der Waals surface area contributed by atoms with Crippen LogP contribution in [-0.4, -0.2) is 43.5 Å². The average Bonchev–Trinajstić information content (AvgIpc) is 2.38. The third-order valence-corrected chi connectivity index (χ3v) is 3.53. The smallest absolute Gasteiger partial charge is 0.159 e. The monoisotopic (exact) mass is 262 g/mol. The minimum Gasteiger partial charge on any atom is -0.496 e. The number of hydrogen-bond acceptors (Lipinski definition) is 4. The number of methoxy groups -OCH3 is 1. The van der Waals surface area contributed by atoms with E-state index in [0.29, 0.717) is 6.04 Å². The van der Waals surface area contributed by atoms with Crippen LogP contribution in [0.15, 0.2) is 18.2 Å². The first-order valence-corrected chi connectivity index (χ1v) is 6.73. The Morgan fingerprint density at radius 1 is 1.53 bits per heavy atom. The van der Waals surface area contributed by atoms with Crippen molar-refractivity contribution >= 4 is 5.78 Å². The lowest BCUT2D eigenvalue weighted by atomic mass is 10.1. The number of rotatable bonds is 4. The molecule has 19 heavy (non-hydrogen) atoms. The molecule has 104 valence electrons. The van der Waals surface area contributed by atoms with Crippen molar-refractivity contribution in [2.75, 3.05) is 26.7 Å². The Morgan fingerprint density at radius 3 is 2.95 bits per heavy atom. The molecule has 2 rings (SSSR count). The van der Waals surface area contributed by atoms with E-state index in [1.165, 1.54) is 0 Å². The number of carbonyl (C=O) groups excluding carboxylic acids is 1. The normalized spacial score (nSPS) is 20.3. The minimum absolute atomic E-state index is 0.0950. The second-order valence-electron chi connectivity index (χ2n) is 5.17. The van der Waals surface area contributed by atoms with Crippen molar-refractivity contribution in [3.05, 3.63) is 29.3 Å². The highest BCUT2D eigenvalue weighted by Crippen LogP contribution is 2.22. The highest BCUT2D eigenvalue weighted by atomic mass is 16.5. The van der Waals surface area contributed by atoms with Crippen LogP contribution in [0.1, 0.15) is 29.8 Å². The molecule has 1 N–H and O–H groups in total. The van der Waals surface area contributed by atoms with Crippen LogP contribution in [-0.2, 0) is 6.54 Å². The van der Waals surface area contributed by atoms with E-state index in [0.717, 1.165) is 43.1 Å². The van der Waals surface area contributed by atoms with Crippen molar-refractivity contribution in [3.8, 4) is 5.75 Å². The van der Waals surface area contributed by atoms with E-state index in [4.69, 9.17) is 4.74 Å². The molecule has 0 unspecified atom stereocenters. The summed E-state index contributed by atoms with van der Waals surface area (Å²) < 4.78 is 5.39. The molecular formula is C15H22N2O2. The standard InChI is InChI=1S/C15H22N2O2/c1-11-9-17(7-6-16-11)10-14-8-13(12(2)18)4-5-15(14)19-3/h4-5,8,11,16H,6-7,9-10H2,1-3H3/t11-/m0/s1. The minimum atomic E-state index is 0.0950. The molecule has 0 aliphatic carbocycles.